The zero-order valence-corrected chi connectivity index (χ0v) is 14.6. The van der Waals surface area contributed by atoms with E-state index in [1.165, 1.54) is 0 Å². The van der Waals surface area contributed by atoms with Gasteiger partial charge >= 0.3 is 11.9 Å². The number of aromatic nitrogens is 1. The number of carboxylic acids is 2. The Balaban J connectivity index is 1.93. The number of benzene rings is 2. The van der Waals surface area contributed by atoms with Crippen molar-refractivity contribution >= 4 is 22.8 Å². The normalized spacial score (nSPS) is 13.4. The highest BCUT2D eigenvalue weighted by atomic mass is 16.4. The molecule has 7 nitrogen and oxygen atoms in total. The minimum atomic E-state index is -1.04. The predicted octanol–water partition coefficient (Wildman–Crippen LogP) is 1.74. The van der Waals surface area contributed by atoms with E-state index in [0.29, 0.717) is 0 Å². The van der Waals surface area contributed by atoms with Gasteiger partial charge in [0.15, 0.2) is 0 Å². The summed E-state index contributed by atoms with van der Waals surface area (Å²) in [6.45, 7) is 0. The molecule has 3 aromatic rings. The lowest BCUT2D eigenvalue weighted by Gasteiger charge is -2.09. The lowest BCUT2D eigenvalue weighted by atomic mass is 9.97. The summed E-state index contributed by atoms with van der Waals surface area (Å²) < 4.78 is 0. The van der Waals surface area contributed by atoms with Gasteiger partial charge in [-0.2, -0.15) is 0 Å². The molecule has 0 saturated carbocycles. The maximum Gasteiger partial charge on any atom is 0.320 e. The topological polar surface area (TPSA) is 142 Å². The molecule has 0 bridgehead atoms. The average molecular weight is 367 g/mol. The number of fused-ring (bicyclic) bond motifs is 1. The van der Waals surface area contributed by atoms with E-state index in [2.05, 4.69) is 4.98 Å². The highest BCUT2D eigenvalue weighted by Crippen LogP contribution is 2.27. The van der Waals surface area contributed by atoms with Crippen molar-refractivity contribution in [2.24, 2.45) is 11.5 Å². The zero-order chi connectivity index (χ0) is 19.6. The van der Waals surface area contributed by atoms with Gasteiger partial charge in [0.05, 0.1) is 0 Å². The number of aromatic amines is 1. The van der Waals surface area contributed by atoms with Crippen LogP contribution in [0.25, 0.3) is 22.0 Å². The van der Waals surface area contributed by atoms with Gasteiger partial charge in [0, 0.05) is 23.5 Å². The fraction of sp³-hybridized carbons (Fsp3) is 0.200. The maximum atomic E-state index is 11.0. The molecule has 1 heterocycles. The molecular weight excluding hydrogens is 346 g/mol. The van der Waals surface area contributed by atoms with Crippen LogP contribution >= 0.6 is 0 Å². The quantitative estimate of drug-likeness (QED) is 0.430. The van der Waals surface area contributed by atoms with Crippen LogP contribution in [0.3, 0.4) is 0 Å². The summed E-state index contributed by atoms with van der Waals surface area (Å²) in [6.07, 6.45) is 2.25. The van der Waals surface area contributed by atoms with E-state index in [-0.39, 0.29) is 12.8 Å². The first kappa shape index (κ1) is 18.6. The van der Waals surface area contributed by atoms with Crippen molar-refractivity contribution in [1.29, 1.82) is 0 Å². The zero-order valence-electron chi connectivity index (χ0n) is 14.6. The Morgan fingerprint density at radius 3 is 2.30 bits per heavy atom. The van der Waals surface area contributed by atoms with Crippen molar-refractivity contribution in [1.82, 2.24) is 4.98 Å². The number of H-pyrrole nitrogens is 1. The van der Waals surface area contributed by atoms with Crippen LogP contribution < -0.4 is 11.5 Å². The second kappa shape index (κ2) is 7.61. The van der Waals surface area contributed by atoms with Gasteiger partial charge in [-0.25, -0.2) is 0 Å². The van der Waals surface area contributed by atoms with E-state index in [4.69, 9.17) is 21.7 Å². The Hall–Kier alpha value is -3.16. The molecule has 2 aromatic carbocycles. The Kier molecular flexibility index (Phi) is 5.25. The number of nitrogens with one attached hydrogen (secondary N) is 1. The van der Waals surface area contributed by atoms with Gasteiger partial charge in [0.25, 0.3) is 0 Å². The highest BCUT2D eigenvalue weighted by molar-refractivity contribution is 5.88. The van der Waals surface area contributed by atoms with Crippen LogP contribution in [-0.4, -0.2) is 39.2 Å². The summed E-state index contributed by atoms with van der Waals surface area (Å²) >= 11 is 0. The first-order chi connectivity index (χ1) is 12.8. The fourth-order valence-corrected chi connectivity index (χ4v) is 3.07. The van der Waals surface area contributed by atoms with E-state index in [1.54, 1.807) is 6.20 Å². The lowest BCUT2D eigenvalue weighted by Crippen LogP contribution is -2.32. The second-order valence-electron chi connectivity index (χ2n) is 6.57. The van der Waals surface area contributed by atoms with Crippen molar-refractivity contribution in [3.05, 3.63) is 59.8 Å². The van der Waals surface area contributed by atoms with Gasteiger partial charge in [0.1, 0.15) is 12.1 Å². The Labute approximate surface area is 155 Å². The van der Waals surface area contributed by atoms with Crippen LogP contribution in [0, 0.1) is 0 Å². The van der Waals surface area contributed by atoms with Gasteiger partial charge in [-0.1, -0.05) is 30.3 Å². The molecular formula is C20H21N3O4. The minimum Gasteiger partial charge on any atom is -0.480 e. The summed E-state index contributed by atoms with van der Waals surface area (Å²) in [4.78, 5) is 25.1. The molecule has 0 aliphatic rings. The largest absolute Gasteiger partial charge is 0.480 e. The van der Waals surface area contributed by atoms with Crippen molar-refractivity contribution in [3.63, 3.8) is 0 Å². The molecule has 27 heavy (non-hydrogen) atoms. The van der Waals surface area contributed by atoms with E-state index < -0.39 is 24.0 Å². The number of carbonyl (C=O) groups is 2. The standard InChI is InChI=1S/C20H21N3O4/c21-16(19(24)25)7-11-2-1-3-12(6-11)13-4-5-18-15(8-13)14(10-23-18)9-17(22)20(26)27/h1-6,8,10,16-17,23H,7,9,21-22H2,(H,24,25)(H,26,27)/t16-,17-/m0/s1. The number of nitrogens with two attached hydrogens (primary N) is 2. The first-order valence-electron chi connectivity index (χ1n) is 8.51. The molecule has 0 amide bonds. The van der Waals surface area contributed by atoms with Gasteiger partial charge < -0.3 is 26.7 Å². The van der Waals surface area contributed by atoms with E-state index in [1.807, 2.05) is 42.5 Å². The van der Waals surface area contributed by atoms with Crippen LogP contribution in [0.1, 0.15) is 11.1 Å². The summed E-state index contributed by atoms with van der Waals surface area (Å²) in [5, 5.41) is 18.9. The number of rotatable bonds is 7. The van der Waals surface area contributed by atoms with Crippen LogP contribution in [0.5, 0.6) is 0 Å². The number of hydrogen-bond acceptors (Lipinski definition) is 4. The summed E-state index contributed by atoms with van der Waals surface area (Å²) in [7, 11) is 0. The molecule has 3 rings (SSSR count). The Morgan fingerprint density at radius 2 is 1.59 bits per heavy atom. The van der Waals surface area contributed by atoms with Crippen LogP contribution in [0.2, 0.25) is 0 Å². The van der Waals surface area contributed by atoms with Crippen molar-refractivity contribution in [2.75, 3.05) is 0 Å². The monoisotopic (exact) mass is 367 g/mol. The van der Waals surface area contributed by atoms with Crippen LogP contribution in [0.4, 0.5) is 0 Å². The van der Waals surface area contributed by atoms with Crippen molar-refractivity contribution < 1.29 is 19.8 Å². The van der Waals surface area contributed by atoms with E-state index >= 15 is 0 Å². The summed E-state index contributed by atoms with van der Waals surface area (Å²) in [6, 6.07) is 11.5. The SMILES string of the molecule is N[C@@H](Cc1cccc(-c2ccc3[nH]cc(C[C@H](N)C(=O)O)c3c2)c1)C(=O)O. The summed E-state index contributed by atoms with van der Waals surface area (Å²) in [5.41, 5.74) is 15.7. The summed E-state index contributed by atoms with van der Waals surface area (Å²) in [5.74, 6) is -2.07. The molecule has 0 aliphatic carbocycles. The Bertz CT molecular complexity index is 996. The van der Waals surface area contributed by atoms with Crippen molar-refractivity contribution in [3.8, 4) is 11.1 Å². The molecule has 0 radical (unpaired) electrons. The van der Waals surface area contributed by atoms with Crippen molar-refractivity contribution in [2.45, 2.75) is 24.9 Å². The molecule has 140 valence electrons. The van der Waals surface area contributed by atoms with Gasteiger partial charge in [0.2, 0.25) is 0 Å². The molecule has 0 aliphatic heterocycles. The molecule has 0 fully saturated rings. The molecule has 2 atom stereocenters. The average Bonchev–Trinajstić information content (AvgIpc) is 3.03. The molecule has 7 N–H and O–H groups in total. The third kappa shape index (κ3) is 4.16. The predicted molar refractivity (Wildman–Crippen MR) is 102 cm³/mol. The van der Waals surface area contributed by atoms with Gasteiger partial charge in [-0.05, 0) is 40.8 Å². The van der Waals surface area contributed by atoms with Gasteiger partial charge in [-0.3, -0.25) is 9.59 Å². The maximum absolute atomic E-state index is 11.0. The smallest absolute Gasteiger partial charge is 0.320 e. The van der Waals surface area contributed by atoms with E-state index in [0.717, 1.165) is 33.2 Å². The molecule has 0 spiro atoms. The highest BCUT2D eigenvalue weighted by Gasteiger charge is 2.16. The van der Waals surface area contributed by atoms with E-state index in [9.17, 15) is 9.59 Å². The molecule has 0 saturated heterocycles. The number of aliphatic carboxylic acids is 2. The third-order valence-electron chi connectivity index (χ3n) is 4.56. The molecule has 1 aromatic heterocycles. The van der Waals surface area contributed by atoms with Crippen LogP contribution in [-0.2, 0) is 22.4 Å². The fourth-order valence-electron chi connectivity index (χ4n) is 3.07. The molecule has 7 heteroatoms. The Morgan fingerprint density at radius 1 is 0.926 bits per heavy atom. The first-order valence-corrected chi connectivity index (χ1v) is 8.51. The lowest BCUT2D eigenvalue weighted by molar-refractivity contribution is -0.139. The number of hydrogen-bond donors (Lipinski definition) is 5. The number of carboxylic acid groups (broad SMARTS) is 2. The second-order valence-corrected chi connectivity index (χ2v) is 6.57. The van der Waals surface area contributed by atoms with Gasteiger partial charge in [-0.15, -0.1) is 0 Å². The minimum absolute atomic E-state index is 0.228. The molecule has 0 unspecified atom stereocenters. The third-order valence-corrected chi connectivity index (χ3v) is 4.56. The van der Waals surface area contributed by atoms with Crippen LogP contribution in [0.15, 0.2) is 48.7 Å².